The highest BCUT2D eigenvalue weighted by Crippen LogP contribution is 2.01. The highest BCUT2D eigenvalue weighted by Gasteiger charge is 2.00. The molecule has 13 heavy (non-hydrogen) atoms. The van der Waals surface area contributed by atoms with Gasteiger partial charge in [0.2, 0.25) is 0 Å². The van der Waals surface area contributed by atoms with Crippen LogP contribution in [0, 0.1) is 12.3 Å². The largest absolute Gasteiger partial charge is 0.303 e. The lowest BCUT2D eigenvalue weighted by molar-refractivity contribution is 0.585. The molecule has 1 heteroatoms. The SMILES string of the molecule is [2H]c1c([2H])c([2H])c(C[C@@H](C)NCC#C)c([2H])c1[2H]. The topological polar surface area (TPSA) is 12.0 Å². The monoisotopic (exact) mass is 178 g/mol. The van der Waals surface area contributed by atoms with Crippen LogP contribution in [-0.2, 0) is 6.42 Å². The maximum atomic E-state index is 7.77. The molecule has 1 N–H and O–H groups in total. The second-order valence-electron chi connectivity index (χ2n) is 2.79. The molecule has 1 aromatic rings. The summed E-state index contributed by atoms with van der Waals surface area (Å²) in [6.45, 7) is 2.25. The molecule has 0 fully saturated rings. The standard InChI is InChI=1S/C12H15N/c1-3-9-13-11(2)10-12-7-5-4-6-8-12/h1,4-8,11,13H,9-10H2,2H3/t11-/m1/s1/i4D,5D,6D,7D,8D. The van der Waals surface area contributed by atoms with E-state index in [4.69, 9.17) is 13.3 Å². The summed E-state index contributed by atoms with van der Waals surface area (Å²) in [5.41, 5.74) is 0.318. The Kier molecular flexibility index (Phi) is 2.01. The van der Waals surface area contributed by atoms with Crippen LogP contribution in [0.15, 0.2) is 30.2 Å². The Morgan fingerprint density at radius 2 is 2.23 bits per heavy atom. The molecule has 1 rings (SSSR count). The first-order chi connectivity index (χ1) is 8.40. The van der Waals surface area contributed by atoms with E-state index in [9.17, 15) is 0 Å². The van der Waals surface area contributed by atoms with Crippen molar-refractivity contribution in [2.75, 3.05) is 6.54 Å². The van der Waals surface area contributed by atoms with E-state index in [-0.39, 0.29) is 36.3 Å². The molecule has 1 nitrogen and oxygen atoms in total. The van der Waals surface area contributed by atoms with Crippen LogP contribution in [0.1, 0.15) is 19.3 Å². The number of rotatable bonds is 4. The van der Waals surface area contributed by atoms with Gasteiger partial charge in [0.1, 0.15) is 0 Å². The molecule has 0 radical (unpaired) electrons. The number of hydrogen-bond acceptors (Lipinski definition) is 1. The van der Waals surface area contributed by atoms with Crippen molar-refractivity contribution in [3.8, 4) is 12.3 Å². The van der Waals surface area contributed by atoms with Crippen molar-refractivity contribution < 1.29 is 6.85 Å². The Labute approximate surface area is 87.2 Å². The van der Waals surface area contributed by atoms with Gasteiger partial charge >= 0.3 is 0 Å². The van der Waals surface area contributed by atoms with Crippen LogP contribution in [0.3, 0.4) is 0 Å². The normalized spacial score (nSPS) is 17.4. The minimum absolute atomic E-state index is 0.0513. The van der Waals surface area contributed by atoms with E-state index in [1.165, 1.54) is 0 Å². The molecule has 68 valence electrons. The Balaban J connectivity index is 3.07. The van der Waals surface area contributed by atoms with Gasteiger partial charge in [0.15, 0.2) is 0 Å². The number of hydrogen-bond donors (Lipinski definition) is 1. The molecule has 0 heterocycles. The predicted molar refractivity (Wildman–Crippen MR) is 56.4 cm³/mol. The van der Waals surface area contributed by atoms with Gasteiger partial charge in [-0.05, 0) is 18.9 Å². The van der Waals surface area contributed by atoms with Crippen molar-refractivity contribution in [2.24, 2.45) is 0 Å². The zero-order valence-electron chi connectivity index (χ0n) is 12.6. The summed E-state index contributed by atoms with van der Waals surface area (Å²) in [6, 6.07) is -1.29. The van der Waals surface area contributed by atoms with Gasteiger partial charge in [-0.1, -0.05) is 36.1 Å². The molecule has 1 atom stereocenters. The molecule has 0 unspecified atom stereocenters. The predicted octanol–water partition coefficient (Wildman–Crippen LogP) is 1.84. The van der Waals surface area contributed by atoms with E-state index >= 15 is 0 Å². The molecular weight excluding hydrogens is 158 g/mol. The molecule has 0 bridgehead atoms. The van der Waals surface area contributed by atoms with Gasteiger partial charge in [0.25, 0.3) is 0 Å². The van der Waals surface area contributed by atoms with Crippen LogP contribution in [0.25, 0.3) is 0 Å². The fourth-order valence-electron chi connectivity index (χ4n) is 0.989. The Hall–Kier alpha value is -1.26. The minimum atomic E-state index is -0.363. The zero-order valence-corrected chi connectivity index (χ0v) is 7.57. The lowest BCUT2D eigenvalue weighted by Crippen LogP contribution is -2.28. The molecule has 0 aliphatic rings. The van der Waals surface area contributed by atoms with Crippen molar-refractivity contribution in [1.82, 2.24) is 5.32 Å². The van der Waals surface area contributed by atoms with Gasteiger partial charge in [-0.15, -0.1) is 6.42 Å². The highest BCUT2D eigenvalue weighted by molar-refractivity contribution is 5.15. The average molecular weight is 178 g/mol. The first-order valence-corrected chi connectivity index (χ1v) is 4.12. The second-order valence-corrected chi connectivity index (χ2v) is 2.79. The molecule has 1 aromatic carbocycles. The van der Waals surface area contributed by atoms with E-state index in [0.29, 0.717) is 18.5 Å². The van der Waals surface area contributed by atoms with E-state index < -0.39 is 0 Å². The van der Waals surface area contributed by atoms with Gasteiger partial charge in [-0.25, -0.2) is 0 Å². The highest BCUT2D eigenvalue weighted by atomic mass is 14.9. The summed E-state index contributed by atoms with van der Waals surface area (Å²) in [5.74, 6) is 2.44. The summed E-state index contributed by atoms with van der Waals surface area (Å²) >= 11 is 0. The third-order valence-electron chi connectivity index (χ3n) is 1.61. The van der Waals surface area contributed by atoms with E-state index in [1.807, 2.05) is 6.92 Å². The quantitative estimate of drug-likeness (QED) is 0.694. The van der Waals surface area contributed by atoms with E-state index in [2.05, 4.69) is 11.2 Å². The average Bonchev–Trinajstić information content (AvgIpc) is 2.36. The van der Waals surface area contributed by atoms with Crippen LogP contribution >= 0.6 is 0 Å². The third-order valence-corrected chi connectivity index (χ3v) is 1.61. The lowest BCUT2D eigenvalue weighted by Gasteiger charge is -2.11. The van der Waals surface area contributed by atoms with Gasteiger partial charge in [-0.3, -0.25) is 0 Å². The van der Waals surface area contributed by atoms with Crippen molar-refractivity contribution in [1.29, 1.82) is 0 Å². The van der Waals surface area contributed by atoms with Crippen molar-refractivity contribution >= 4 is 0 Å². The first kappa shape index (κ1) is 4.83. The Morgan fingerprint density at radius 1 is 1.54 bits per heavy atom. The Morgan fingerprint density at radius 3 is 2.85 bits per heavy atom. The number of nitrogens with one attached hydrogen (secondary N) is 1. The third kappa shape index (κ3) is 3.78. The van der Waals surface area contributed by atoms with Crippen LogP contribution in [0.2, 0.25) is 0 Å². The number of benzene rings is 1. The second kappa shape index (κ2) is 5.40. The van der Waals surface area contributed by atoms with Gasteiger partial charge in [-0.2, -0.15) is 0 Å². The lowest BCUT2D eigenvalue weighted by atomic mass is 10.1. The summed E-state index contributed by atoms with van der Waals surface area (Å²) in [5, 5.41) is 3.02. The van der Waals surface area contributed by atoms with Gasteiger partial charge < -0.3 is 5.32 Å². The van der Waals surface area contributed by atoms with Crippen LogP contribution in [0.4, 0.5) is 0 Å². The smallest absolute Gasteiger partial charge is 0.0626 e. The summed E-state index contributed by atoms with van der Waals surface area (Å²) < 4.78 is 38.1. The van der Waals surface area contributed by atoms with Crippen LogP contribution in [0.5, 0.6) is 0 Å². The molecule has 0 aliphatic carbocycles. The van der Waals surface area contributed by atoms with Crippen molar-refractivity contribution in [3.05, 3.63) is 35.8 Å². The van der Waals surface area contributed by atoms with Crippen molar-refractivity contribution in [3.63, 3.8) is 0 Å². The summed E-state index contributed by atoms with van der Waals surface area (Å²) in [7, 11) is 0. The minimum Gasteiger partial charge on any atom is -0.303 e. The fourth-order valence-corrected chi connectivity index (χ4v) is 0.989. The molecule has 0 aliphatic heterocycles. The fraction of sp³-hybridized carbons (Fsp3) is 0.333. The van der Waals surface area contributed by atoms with E-state index in [1.54, 1.807) is 0 Å². The van der Waals surface area contributed by atoms with Crippen molar-refractivity contribution in [2.45, 2.75) is 19.4 Å². The maximum Gasteiger partial charge on any atom is 0.0626 e. The molecule has 0 amide bonds. The summed E-state index contributed by atoms with van der Waals surface area (Å²) in [4.78, 5) is 0. The van der Waals surface area contributed by atoms with E-state index in [0.717, 1.165) is 0 Å². The van der Waals surface area contributed by atoms with Crippen LogP contribution < -0.4 is 5.32 Å². The number of terminal acetylenes is 1. The van der Waals surface area contributed by atoms with Gasteiger partial charge in [0, 0.05) is 6.04 Å². The zero-order chi connectivity index (χ0) is 13.9. The maximum absolute atomic E-state index is 7.77. The summed E-state index contributed by atoms with van der Waals surface area (Å²) in [6.07, 6.45) is 5.47. The van der Waals surface area contributed by atoms with Gasteiger partial charge in [0.05, 0.1) is 13.4 Å². The first-order valence-electron chi connectivity index (χ1n) is 6.62. The Bertz CT molecular complexity index is 463. The van der Waals surface area contributed by atoms with Crippen LogP contribution in [-0.4, -0.2) is 12.6 Å². The molecule has 0 aromatic heterocycles. The molecule has 0 saturated carbocycles. The molecule has 0 spiro atoms. The molecular formula is C12H15N. The molecule has 0 saturated heterocycles.